The Balaban J connectivity index is 2.21. The molecule has 0 unspecified atom stereocenters. The molecule has 0 saturated carbocycles. The molecule has 0 bridgehead atoms. The van der Waals surface area contributed by atoms with E-state index >= 15 is 0 Å². The smallest absolute Gasteiger partial charge is 0.251 e. The molecule has 25 heavy (non-hydrogen) atoms. The van der Waals surface area contributed by atoms with Crippen molar-refractivity contribution in [2.75, 3.05) is 13.7 Å². The molecule has 6 nitrogen and oxygen atoms in total. The van der Waals surface area contributed by atoms with Gasteiger partial charge in [-0.05, 0) is 30.2 Å². The third kappa shape index (κ3) is 5.04. The molecule has 0 saturated heterocycles. The zero-order chi connectivity index (χ0) is 18.3. The predicted octanol–water partition coefficient (Wildman–Crippen LogP) is 2.31. The summed E-state index contributed by atoms with van der Waals surface area (Å²) in [6, 6.07) is 13.8. The number of carbonyl (C=O) groups is 1. The molecule has 0 aliphatic carbocycles. The maximum absolute atomic E-state index is 12.4. The SMILES string of the molecule is CCCNS(=O)(=O)c1cc(C(=O)NCc2ccccc2)ccc1OC. The first-order valence-electron chi connectivity index (χ1n) is 7.97. The molecule has 0 aliphatic rings. The van der Waals surface area contributed by atoms with Crippen LogP contribution in [0.4, 0.5) is 0 Å². The molecule has 1 amide bonds. The first kappa shape index (κ1) is 19.0. The van der Waals surface area contributed by atoms with Gasteiger partial charge in [0.25, 0.3) is 5.91 Å². The number of sulfonamides is 1. The van der Waals surface area contributed by atoms with Crippen molar-refractivity contribution in [1.29, 1.82) is 0 Å². The lowest BCUT2D eigenvalue weighted by atomic mass is 10.2. The summed E-state index contributed by atoms with van der Waals surface area (Å²) in [4.78, 5) is 12.3. The number of ether oxygens (including phenoxy) is 1. The summed E-state index contributed by atoms with van der Waals surface area (Å²) < 4.78 is 32.4. The summed E-state index contributed by atoms with van der Waals surface area (Å²) in [6.07, 6.45) is 0.665. The van der Waals surface area contributed by atoms with E-state index < -0.39 is 10.0 Å². The van der Waals surface area contributed by atoms with Gasteiger partial charge in [-0.3, -0.25) is 4.79 Å². The Labute approximate surface area is 148 Å². The highest BCUT2D eigenvalue weighted by molar-refractivity contribution is 7.89. The van der Waals surface area contributed by atoms with Gasteiger partial charge in [-0.2, -0.15) is 0 Å². The van der Waals surface area contributed by atoms with Crippen molar-refractivity contribution in [3.8, 4) is 5.75 Å². The fourth-order valence-corrected chi connectivity index (χ4v) is 3.55. The van der Waals surface area contributed by atoms with Gasteiger partial charge in [-0.1, -0.05) is 37.3 Å². The maximum Gasteiger partial charge on any atom is 0.251 e. The Morgan fingerprint density at radius 3 is 2.48 bits per heavy atom. The molecule has 2 N–H and O–H groups in total. The lowest BCUT2D eigenvalue weighted by Gasteiger charge is -2.12. The minimum Gasteiger partial charge on any atom is -0.495 e. The third-order valence-electron chi connectivity index (χ3n) is 3.55. The summed E-state index contributed by atoms with van der Waals surface area (Å²) in [6.45, 7) is 2.55. The van der Waals surface area contributed by atoms with Crippen LogP contribution in [-0.2, 0) is 16.6 Å². The van der Waals surface area contributed by atoms with E-state index in [0.717, 1.165) is 5.56 Å². The van der Waals surface area contributed by atoms with Gasteiger partial charge in [0, 0.05) is 18.7 Å². The van der Waals surface area contributed by atoms with Crippen LogP contribution in [-0.4, -0.2) is 28.0 Å². The van der Waals surface area contributed by atoms with Gasteiger partial charge in [-0.15, -0.1) is 0 Å². The first-order chi connectivity index (χ1) is 12.0. The topological polar surface area (TPSA) is 84.5 Å². The van der Waals surface area contributed by atoms with E-state index in [-0.39, 0.29) is 22.1 Å². The number of hydrogen-bond acceptors (Lipinski definition) is 4. The van der Waals surface area contributed by atoms with Gasteiger partial charge >= 0.3 is 0 Å². The molecule has 134 valence electrons. The normalized spacial score (nSPS) is 11.1. The average molecular weight is 362 g/mol. The summed E-state index contributed by atoms with van der Waals surface area (Å²) in [7, 11) is -2.35. The number of hydrogen-bond donors (Lipinski definition) is 2. The van der Waals surface area contributed by atoms with E-state index in [4.69, 9.17) is 4.74 Å². The molecule has 7 heteroatoms. The Bertz CT molecular complexity index is 820. The summed E-state index contributed by atoms with van der Waals surface area (Å²) in [5.41, 5.74) is 1.22. The van der Waals surface area contributed by atoms with Gasteiger partial charge in [0.15, 0.2) is 0 Å². The lowest BCUT2D eigenvalue weighted by molar-refractivity contribution is 0.0950. The molecule has 2 aromatic rings. The fourth-order valence-electron chi connectivity index (χ4n) is 2.22. The summed E-state index contributed by atoms with van der Waals surface area (Å²) in [5, 5.41) is 2.78. The van der Waals surface area contributed by atoms with Gasteiger partial charge in [0.05, 0.1) is 7.11 Å². The number of benzene rings is 2. The third-order valence-corrected chi connectivity index (χ3v) is 5.04. The van der Waals surface area contributed by atoms with E-state index in [1.807, 2.05) is 37.3 Å². The number of methoxy groups -OCH3 is 1. The molecule has 0 spiro atoms. The van der Waals surface area contributed by atoms with Crippen LogP contribution in [0.3, 0.4) is 0 Å². The number of carbonyl (C=O) groups excluding carboxylic acids is 1. The Morgan fingerprint density at radius 2 is 1.84 bits per heavy atom. The van der Waals surface area contributed by atoms with Crippen LogP contribution in [0.1, 0.15) is 29.3 Å². The number of nitrogens with one attached hydrogen (secondary N) is 2. The molecule has 0 aliphatic heterocycles. The maximum atomic E-state index is 12.4. The Morgan fingerprint density at radius 1 is 1.12 bits per heavy atom. The highest BCUT2D eigenvalue weighted by Gasteiger charge is 2.21. The highest BCUT2D eigenvalue weighted by atomic mass is 32.2. The minimum absolute atomic E-state index is 0.0455. The zero-order valence-electron chi connectivity index (χ0n) is 14.3. The number of amides is 1. The molecule has 0 aromatic heterocycles. The van der Waals surface area contributed by atoms with E-state index in [1.165, 1.54) is 25.3 Å². The van der Waals surface area contributed by atoms with Crippen LogP contribution in [0.25, 0.3) is 0 Å². The second-order valence-corrected chi connectivity index (χ2v) is 7.17. The average Bonchev–Trinajstić information content (AvgIpc) is 2.64. The van der Waals surface area contributed by atoms with Crippen molar-refractivity contribution in [2.24, 2.45) is 0 Å². The molecule has 0 fully saturated rings. The van der Waals surface area contributed by atoms with E-state index in [0.29, 0.717) is 19.5 Å². The largest absolute Gasteiger partial charge is 0.495 e. The van der Waals surface area contributed by atoms with Crippen molar-refractivity contribution in [3.05, 3.63) is 59.7 Å². The standard InChI is InChI=1S/C18H22N2O4S/c1-3-11-20-25(22,23)17-12-15(9-10-16(17)24-2)18(21)19-13-14-7-5-4-6-8-14/h4-10,12,20H,3,11,13H2,1-2H3,(H,19,21). The van der Waals surface area contributed by atoms with Gasteiger partial charge in [-0.25, -0.2) is 13.1 Å². The summed E-state index contributed by atoms with van der Waals surface area (Å²) in [5.74, 6) is -0.151. The molecular weight excluding hydrogens is 340 g/mol. The minimum atomic E-state index is -3.74. The molecule has 2 rings (SSSR count). The van der Waals surface area contributed by atoms with Crippen LogP contribution in [0.5, 0.6) is 5.75 Å². The van der Waals surface area contributed by atoms with Crippen LogP contribution >= 0.6 is 0 Å². The van der Waals surface area contributed by atoms with Gasteiger partial charge in [0.1, 0.15) is 10.6 Å². The summed E-state index contributed by atoms with van der Waals surface area (Å²) >= 11 is 0. The lowest BCUT2D eigenvalue weighted by Crippen LogP contribution is -2.26. The van der Waals surface area contributed by atoms with Crippen LogP contribution < -0.4 is 14.8 Å². The van der Waals surface area contributed by atoms with E-state index in [1.54, 1.807) is 0 Å². The monoisotopic (exact) mass is 362 g/mol. The van der Waals surface area contributed by atoms with Crippen molar-refractivity contribution in [3.63, 3.8) is 0 Å². The van der Waals surface area contributed by atoms with Crippen LogP contribution in [0.15, 0.2) is 53.4 Å². The molecule has 0 radical (unpaired) electrons. The van der Waals surface area contributed by atoms with Crippen LogP contribution in [0, 0.1) is 0 Å². The second-order valence-electron chi connectivity index (χ2n) is 5.43. The molecule has 2 aromatic carbocycles. The zero-order valence-corrected chi connectivity index (χ0v) is 15.1. The Kier molecular flexibility index (Phi) is 6.55. The Hall–Kier alpha value is -2.38. The number of rotatable bonds is 8. The van der Waals surface area contributed by atoms with Crippen molar-refractivity contribution in [2.45, 2.75) is 24.8 Å². The van der Waals surface area contributed by atoms with Crippen molar-refractivity contribution in [1.82, 2.24) is 10.0 Å². The van der Waals surface area contributed by atoms with Crippen LogP contribution in [0.2, 0.25) is 0 Å². The van der Waals surface area contributed by atoms with E-state index in [9.17, 15) is 13.2 Å². The first-order valence-corrected chi connectivity index (χ1v) is 9.46. The quantitative estimate of drug-likeness (QED) is 0.755. The second kappa shape index (κ2) is 8.64. The predicted molar refractivity (Wildman–Crippen MR) is 96.1 cm³/mol. The van der Waals surface area contributed by atoms with Crippen molar-refractivity contribution >= 4 is 15.9 Å². The van der Waals surface area contributed by atoms with Gasteiger partial charge in [0.2, 0.25) is 10.0 Å². The highest BCUT2D eigenvalue weighted by Crippen LogP contribution is 2.24. The van der Waals surface area contributed by atoms with E-state index in [2.05, 4.69) is 10.0 Å². The molecular formula is C18H22N2O4S. The molecule has 0 heterocycles. The van der Waals surface area contributed by atoms with Crippen molar-refractivity contribution < 1.29 is 17.9 Å². The van der Waals surface area contributed by atoms with Gasteiger partial charge < -0.3 is 10.1 Å². The fraction of sp³-hybridized carbons (Fsp3) is 0.278. The molecule has 0 atom stereocenters.